The summed E-state index contributed by atoms with van der Waals surface area (Å²) in [6.07, 6.45) is 3.54. The van der Waals surface area contributed by atoms with E-state index in [0.29, 0.717) is 19.8 Å². The highest BCUT2D eigenvalue weighted by Crippen LogP contribution is 2.14. The smallest absolute Gasteiger partial charge is 0.242 e. The molecular formula is C22H26N4O2. The van der Waals surface area contributed by atoms with Gasteiger partial charge < -0.3 is 15.4 Å². The Kier molecular flexibility index (Phi) is 6.94. The summed E-state index contributed by atoms with van der Waals surface area (Å²) in [6.45, 7) is 1.51. The molecule has 3 rings (SSSR count). The van der Waals surface area contributed by atoms with Gasteiger partial charge in [-0.05, 0) is 23.7 Å². The number of aromatic nitrogens is 2. The quantitative estimate of drug-likeness (QED) is 0.601. The van der Waals surface area contributed by atoms with E-state index in [0.717, 1.165) is 22.3 Å². The van der Waals surface area contributed by atoms with Gasteiger partial charge in [0.25, 0.3) is 0 Å². The highest BCUT2D eigenvalue weighted by molar-refractivity contribution is 5.83. The molecule has 1 atom stereocenters. The minimum atomic E-state index is -0.435. The van der Waals surface area contributed by atoms with Gasteiger partial charge in [0.1, 0.15) is 6.04 Å². The fraction of sp³-hybridized carbons (Fsp3) is 0.273. The van der Waals surface area contributed by atoms with E-state index >= 15 is 0 Å². The van der Waals surface area contributed by atoms with E-state index in [9.17, 15) is 4.79 Å². The maximum absolute atomic E-state index is 12.6. The number of carbonyl (C=O) groups excluding carboxylic acids is 1. The summed E-state index contributed by atoms with van der Waals surface area (Å²) < 4.78 is 7.54. The van der Waals surface area contributed by atoms with Crippen molar-refractivity contribution in [3.8, 4) is 0 Å². The van der Waals surface area contributed by atoms with Crippen LogP contribution in [0.4, 0.5) is 0 Å². The molecule has 1 amide bonds. The van der Waals surface area contributed by atoms with Crippen LogP contribution in [0, 0.1) is 0 Å². The Balaban J connectivity index is 1.57. The first-order chi connectivity index (χ1) is 13.7. The van der Waals surface area contributed by atoms with Crippen molar-refractivity contribution in [3.63, 3.8) is 0 Å². The lowest BCUT2D eigenvalue weighted by molar-refractivity contribution is -0.123. The van der Waals surface area contributed by atoms with Crippen molar-refractivity contribution in [1.82, 2.24) is 20.4 Å². The normalized spacial score (nSPS) is 11.9. The lowest BCUT2D eigenvalue weighted by atomic mass is 10.1. The first kappa shape index (κ1) is 19.8. The minimum absolute atomic E-state index is 0.0875. The van der Waals surface area contributed by atoms with Gasteiger partial charge in [0.05, 0.1) is 19.4 Å². The van der Waals surface area contributed by atoms with E-state index in [4.69, 9.17) is 4.74 Å². The number of nitrogens with one attached hydrogen (secondary N) is 2. The number of hydrogen-bond donors (Lipinski definition) is 2. The van der Waals surface area contributed by atoms with Gasteiger partial charge >= 0.3 is 0 Å². The largest absolute Gasteiger partial charge is 0.372 e. The third kappa shape index (κ3) is 5.28. The van der Waals surface area contributed by atoms with Gasteiger partial charge in [-0.1, -0.05) is 54.6 Å². The third-order valence-electron chi connectivity index (χ3n) is 4.55. The first-order valence-electron chi connectivity index (χ1n) is 9.29. The molecule has 0 aliphatic carbocycles. The summed E-state index contributed by atoms with van der Waals surface area (Å²) >= 11 is 0. The molecule has 2 N–H and O–H groups in total. The maximum Gasteiger partial charge on any atom is 0.242 e. The number of aryl methyl sites for hydroxylation is 1. The summed E-state index contributed by atoms with van der Waals surface area (Å²) in [6, 6.07) is 17.7. The Bertz CT molecular complexity index is 892. The second-order valence-electron chi connectivity index (χ2n) is 6.63. The number of nitrogens with zero attached hydrogens (tertiary/aromatic N) is 2. The second kappa shape index (κ2) is 9.82. The SMILES string of the molecule is CNC(C(=O)NCc1ccccc1COCc1ccccc1)c1cnn(C)c1. The molecule has 1 aromatic heterocycles. The molecule has 1 unspecified atom stereocenters. The molecule has 2 aromatic carbocycles. The van der Waals surface area contributed by atoms with Crippen molar-refractivity contribution in [3.05, 3.63) is 89.2 Å². The van der Waals surface area contributed by atoms with Crippen LogP contribution in [-0.2, 0) is 36.3 Å². The van der Waals surface area contributed by atoms with Crippen LogP contribution in [0.25, 0.3) is 0 Å². The van der Waals surface area contributed by atoms with Gasteiger partial charge in [0.2, 0.25) is 5.91 Å². The predicted octanol–water partition coefficient (Wildman–Crippen LogP) is 2.71. The standard InChI is InChI=1S/C22H26N4O2/c1-23-21(20-13-25-26(2)14-20)22(27)24-12-18-10-6-7-11-19(18)16-28-15-17-8-4-3-5-9-17/h3-11,13-14,21,23H,12,15-16H2,1-2H3,(H,24,27). The molecule has 0 saturated carbocycles. The van der Waals surface area contributed by atoms with Crippen LogP contribution in [0.1, 0.15) is 28.3 Å². The lowest BCUT2D eigenvalue weighted by Crippen LogP contribution is -2.35. The fourth-order valence-electron chi connectivity index (χ4n) is 3.05. The molecule has 0 aliphatic heterocycles. The summed E-state index contributed by atoms with van der Waals surface area (Å²) in [5.41, 5.74) is 4.09. The molecule has 0 saturated heterocycles. The van der Waals surface area contributed by atoms with E-state index < -0.39 is 6.04 Å². The summed E-state index contributed by atoms with van der Waals surface area (Å²) in [7, 11) is 3.60. The van der Waals surface area contributed by atoms with Crippen LogP contribution in [0.15, 0.2) is 67.0 Å². The van der Waals surface area contributed by atoms with Gasteiger partial charge in [-0.2, -0.15) is 5.10 Å². The van der Waals surface area contributed by atoms with Crippen molar-refractivity contribution in [1.29, 1.82) is 0 Å². The monoisotopic (exact) mass is 378 g/mol. The minimum Gasteiger partial charge on any atom is -0.372 e. The average molecular weight is 378 g/mol. The van der Waals surface area contributed by atoms with E-state index in [1.54, 1.807) is 17.9 Å². The maximum atomic E-state index is 12.6. The third-order valence-corrected chi connectivity index (χ3v) is 4.55. The second-order valence-corrected chi connectivity index (χ2v) is 6.63. The van der Waals surface area contributed by atoms with Gasteiger partial charge in [-0.3, -0.25) is 9.48 Å². The Morgan fingerprint density at radius 2 is 1.79 bits per heavy atom. The van der Waals surface area contributed by atoms with Crippen LogP contribution in [0.5, 0.6) is 0 Å². The lowest BCUT2D eigenvalue weighted by Gasteiger charge is -2.16. The molecule has 0 bridgehead atoms. The van der Waals surface area contributed by atoms with Gasteiger partial charge in [-0.25, -0.2) is 0 Å². The van der Waals surface area contributed by atoms with E-state index in [2.05, 4.69) is 15.7 Å². The Morgan fingerprint density at radius 3 is 2.46 bits per heavy atom. The molecule has 6 heteroatoms. The zero-order valence-corrected chi connectivity index (χ0v) is 16.3. The molecule has 146 valence electrons. The molecular weight excluding hydrogens is 352 g/mol. The number of benzene rings is 2. The van der Waals surface area contributed by atoms with Crippen LogP contribution < -0.4 is 10.6 Å². The Hall–Kier alpha value is -2.96. The van der Waals surface area contributed by atoms with Crippen molar-refractivity contribution < 1.29 is 9.53 Å². The number of hydrogen-bond acceptors (Lipinski definition) is 4. The summed E-state index contributed by atoms with van der Waals surface area (Å²) in [4.78, 5) is 12.6. The van der Waals surface area contributed by atoms with Crippen molar-refractivity contribution >= 4 is 5.91 Å². The van der Waals surface area contributed by atoms with Crippen molar-refractivity contribution in [2.75, 3.05) is 7.05 Å². The van der Waals surface area contributed by atoms with Gasteiger partial charge in [0.15, 0.2) is 0 Å². The zero-order valence-electron chi connectivity index (χ0n) is 16.3. The zero-order chi connectivity index (χ0) is 19.8. The van der Waals surface area contributed by atoms with E-state index in [1.165, 1.54) is 0 Å². The average Bonchev–Trinajstić information content (AvgIpc) is 3.14. The number of amides is 1. The van der Waals surface area contributed by atoms with E-state index in [-0.39, 0.29) is 5.91 Å². The van der Waals surface area contributed by atoms with Crippen molar-refractivity contribution in [2.45, 2.75) is 25.8 Å². The predicted molar refractivity (Wildman–Crippen MR) is 108 cm³/mol. The highest BCUT2D eigenvalue weighted by atomic mass is 16.5. The van der Waals surface area contributed by atoms with Crippen LogP contribution in [0.2, 0.25) is 0 Å². The van der Waals surface area contributed by atoms with Crippen LogP contribution >= 0.6 is 0 Å². The van der Waals surface area contributed by atoms with Gasteiger partial charge in [-0.15, -0.1) is 0 Å². The molecule has 6 nitrogen and oxygen atoms in total. The Labute approximate surface area is 165 Å². The number of likely N-dealkylation sites (N-methyl/N-ethyl adjacent to an activating group) is 1. The molecule has 3 aromatic rings. The molecule has 0 fully saturated rings. The van der Waals surface area contributed by atoms with Gasteiger partial charge in [0, 0.05) is 25.4 Å². The molecule has 1 heterocycles. The van der Waals surface area contributed by atoms with Crippen molar-refractivity contribution in [2.24, 2.45) is 7.05 Å². The van der Waals surface area contributed by atoms with Crippen LogP contribution in [0.3, 0.4) is 0 Å². The molecule has 0 aliphatic rings. The highest BCUT2D eigenvalue weighted by Gasteiger charge is 2.20. The topological polar surface area (TPSA) is 68.2 Å². The number of rotatable bonds is 9. The Morgan fingerprint density at radius 1 is 1.07 bits per heavy atom. The molecule has 28 heavy (non-hydrogen) atoms. The van der Waals surface area contributed by atoms with Crippen LogP contribution in [-0.4, -0.2) is 22.7 Å². The molecule has 0 radical (unpaired) electrons. The summed E-state index contributed by atoms with van der Waals surface area (Å²) in [5.74, 6) is -0.0875. The molecule has 0 spiro atoms. The number of ether oxygens (including phenoxy) is 1. The fourth-order valence-corrected chi connectivity index (χ4v) is 3.05. The number of carbonyl (C=O) groups is 1. The summed E-state index contributed by atoms with van der Waals surface area (Å²) in [5, 5.41) is 10.2. The van der Waals surface area contributed by atoms with E-state index in [1.807, 2.05) is 67.8 Å². The first-order valence-corrected chi connectivity index (χ1v) is 9.29.